The molecule has 3 aromatic rings. The van der Waals surface area contributed by atoms with E-state index in [1.807, 2.05) is 32.8 Å². The summed E-state index contributed by atoms with van der Waals surface area (Å²) in [4.78, 5) is 52.7. The van der Waals surface area contributed by atoms with E-state index in [4.69, 9.17) is 9.47 Å². The Labute approximate surface area is 214 Å². The third-order valence-electron chi connectivity index (χ3n) is 5.47. The average molecular weight is 505 g/mol. The molecule has 0 aliphatic rings. The largest absolute Gasteiger partial charge is 0.478 e. The van der Waals surface area contributed by atoms with Crippen molar-refractivity contribution in [1.29, 1.82) is 0 Å². The number of benzene rings is 3. The van der Waals surface area contributed by atoms with Crippen LogP contribution in [-0.2, 0) is 19.1 Å². The van der Waals surface area contributed by atoms with Crippen LogP contribution in [0.2, 0.25) is 0 Å². The fourth-order valence-corrected chi connectivity index (χ4v) is 3.30. The molecule has 1 amide bonds. The zero-order valence-corrected chi connectivity index (χ0v) is 20.9. The molecule has 2 N–H and O–H groups in total. The Hall–Kier alpha value is -4.66. The summed E-state index contributed by atoms with van der Waals surface area (Å²) in [5.74, 6) is -4.55. The molecule has 3 aromatic carbocycles. The van der Waals surface area contributed by atoms with Gasteiger partial charge in [-0.15, -0.1) is 0 Å². The number of ether oxygens (including phenoxy) is 2. The van der Waals surface area contributed by atoms with E-state index in [-0.39, 0.29) is 11.1 Å². The Kier molecular flexibility index (Phi) is 8.63. The molecule has 0 heterocycles. The molecule has 192 valence electrons. The minimum absolute atomic E-state index is 0.0835. The first kappa shape index (κ1) is 26.9. The van der Waals surface area contributed by atoms with Crippen LogP contribution in [0.1, 0.15) is 31.8 Å². The normalized spacial score (nSPS) is 12.1. The fraction of sp³-hybridized carbons (Fsp3) is 0.214. The number of amides is 1. The van der Waals surface area contributed by atoms with Crippen LogP contribution in [0.25, 0.3) is 0 Å². The summed E-state index contributed by atoms with van der Waals surface area (Å²) in [6.07, 6.45) is -4.08. The molecule has 0 saturated carbocycles. The first-order valence-corrected chi connectivity index (χ1v) is 11.4. The van der Waals surface area contributed by atoms with Gasteiger partial charge in [-0.3, -0.25) is 4.79 Å². The van der Waals surface area contributed by atoms with Gasteiger partial charge in [-0.05, 0) is 62.4 Å². The SMILES string of the molecule is Cc1ccc(C(=O)O[C@H](C(=O)Nc2ccc(N(C)C)cc2)[C@@H](OC(=O)c2ccc(C)cc2)C(=O)O)cc1. The van der Waals surface area contributed by atoms with Gasteiger partial charge in [0.1, 0.15) is 0 Å². The molecule has 0 radical (unpaired) electrons. The van der Waals surface area contributed by atoms with Crippen molar-refractivity contribution in [2.75, 3.05) is 24.3 Å². The van der Waals surface area contributed by atoms with Crippen LogP contribution in [0.4, 0.5) is 11.4 Å². The Morgan fingerprint density at radius 3 is 1.54 bits per heavy atom. The number of esters is 2. The number of rotatable bonds is 9. The molecule has 0 aliphatic heterocycles. The Morgan fingerprint density at radius 2 is 1.14 bits per heavy atom. The number of nitrogens with zero attached hydrogens (tertiary/aromatic N) is 1. The van der Waals surface area contributed by atoms with Crippen molar-refractivity contribution < 1.29 is 33.8 Å². The van der Waals surface area contributed by atoms with Gasteiger partial charge in [0.25, 0.3) is 5.91 Å². The minimum atomic E-state index is -2.11. The second-order valence-corrected chi connectivity index (χ2v) is 8.65. The number of aryl methyl sites for hydroxylation is 2. The molecule has 0 fully saturated rings. The van der Waals surface area contributed by atoms with Crippen LogP contribution >= 0.6 is 0 Å². The minimum Gasteiger partial charge on any atom is -0.478 e. The number of carboxylic acid groups (broad SMARTS) is 1. The van der Waals surface area contributed by atoms with Crippen LogP contribution in [0.5, 0.6) is 0 Å². The number of carboxylic acids is 1. The van der Waals surface area contributed by atoms with E-state index >= 15 is 0 Å². The highest BCUT2D eigenvalue weighted by atomic mass is 16.6. The molecular weight excluding hydrogens is 476 g/mol. The standard InChI is InChI=1S/C28H28N2O7/c1-17-5-9-19(10-6-17)27(34)36-23(25(31)29-21-13-15-22(16-14-21)30(3)4)24(26(32)33)37-28(35)20-11-7-18(2)8-12-20/h5-16,23-24H,1-4H3,(H,29,31)(H,32,33)/t23-,24+/m0/s1. The van der Waals surface area contributed by atoms with Crippen LogP contribution in [0.3, 0.4) is 0 Å². The van der Waals surface area contributed by atoms with Gasteiger partial charge >= 0.3 is 17.9 Å². The quantitative estimate of drug-likeness (QED) is 0.422. The van der Waals surface area contributed by atoms with Crippen LogP contribution in [0.15, 0.2) is 72.8 Å². The molecule has 0 bridgehead atoms. The Morgan fingerprint density at radius 1 is 0.703 bits per heavy atom. The highest BCUT2D eigenvalue weighted by Crippen LogP contribution is 2.19. The van der Waals surface area contributed by atoms with Crippen molar-refractivity contribution >= 4 is 35.2 Å². The highest BCUT2D eigenvalue weighted by molar-refractivity contribution is 6.01. The van der Waals surface area contributed by atoms with Gasteiger partial charge in [0.15, 0.2) is 0 Å². The van der Waals surface area contributed by atoms with Crippen molar-refractivity contribution in [2.24, 2.45) is 0 Å². The van der Waals surface area contributed by atoms with E-state index in [1.54, 1.807) is 48.5 Å². The molecule has 0 unspecified atom stereocenters. The van der Waals surface area contributed by atoms with E-state index in [0.717, 1.165) is 16.8 Å². The van der Waals surface area contributed by atoms with Crippen LogP contribution in [0, 0.1) is 13.8 Å². The summed E-state index contributed by atoms with van der Waals surface area (Å²) in [5.41, 5.74) is 3.17. The smallest absolute Gasteiger partial charge is 0.349 e. The maximum atomic E-state index is 13.2. The molecule has 37 heavy (non-hydrogen) atoms. The van der Waals surface area contributed by atoms with Gasteiger partial charge in [0.05, 0.1) is 11.1 Å². The summed E-state index contributed by atoms with van der Waals surface area (Å²) in [6.45, 7) is 3.66. The molecule has 0 aromatic heterocycles. The molecule has 3 rings (SSSR count). The number of nitrogens with one attached hydrogen (secondary N) is 1. The average Bonchev–Trinajstić information content (AvgIpc) is 2.86. The molecule has 2 atom stereocenters. The van der Waals surface area contributed by atoms with E-state index in [1.165, 1.54) is 24.3 Å². The van der Waals surface area contributed by atoms with Crippen LogP contribution < -0.4 is 10.2 Å². The van der Waals surface area contributed by atoms with Gasteiger partial charge in [0, 0.05) is 25.5 Å². The number of carbonyl (C=O) groups excluding carboxylic acids is 3. The zero-order chi connectivity index (χ0) is 27.1. The lowest BCUT2D eigenvalue weighted by molar-refractivity contribution is -0.157. The monoisotopic (exact) mass is 504 g/mol. The highest BCUT2D eigenvalue weighted by Gasteiger charge is 2.41. The van der Waals surface area contributed by atoms with Crippen LogP contribution in [-0.4, -0.2) is 55.2 Å². The van der Waals surface area contributed by atoms with Gasteiger partial charge < -0.3 is 24.8 Å². The molecular formula is C28H28N2O7. The molecule has 0 spiro atoms. The summed E-state index contributed by atoms with van der Waals surface area (Å²) in [5, 5.41) is 12.4. The maximum Gasteiger partial charge on any atom is 0.349 e. The fourth-order valence-electron chi connectivity index (χ4n) is 3.30. The van der Waals surface area contributed by atoms with Crippen molar-refractivity contribution in [1.82, 2.24) is 0 Å². The molecule has 9 heteroatoms. The Bertz CT molecular complexity index is 1270. The number of carbonyl (C=O) groups is 4. The first-order valence-electron chi connectivity index (χ1n) is 11.4. The van der Waals surface area contributed by atoms with Crippen molar-refractivity contribution in [3.8, 4) is 0 Å². The third kappa shape index (κ3) is 7.17. The van der Waals surface area contributed by atoms with Crippen molar-refractivity contribution in [3.05, 3.63) is 95.1 Å². The lowest BCUT2D eigenvalue weighted by Crippen LogP contribution is -2.48. The predicted octanol–water partition coefficient (Wildman–Crippen LogP) is 3.84. The van der Waals surface area contributed by atoms with E-state index in [9.17, 15) is 24.3 Å². The van der Waals surface area contributed by atoms with Crippen molar-refractivity contribution in [2.45, 2.75) is 26.1 Å². The molecule has 9 nitrogen and oxygen atoms in total. The maximum absolute atomic E-state index is 13.2. The summed E-state index contributed by atoms with van der Waals surface area (Å²) in [7, 11) is 3.71. The van der Waals surface area contributed by atoms with Gasteiger partial charge in [0.2, 0.25) is 12.2 Å². The zero-order valence-electron chi connectivity index (χ0n) is 20.9. The van der Waals surface area contributed by atoms with E-state index < -0.39 is 36.0 Å². The third-order valence-corrected chi connectivity index (χ3v) is 5.47. The number of hydrogen-bond donors (Lipinski definition) is 2. The lowest BCUT2D eigenvalue weighted by atomic mass is 10.1. The second kappa shape index (κ2) is 11.9. The molecule has 0 aliphatic carbocycles. The molecule has 0 saturated heterocycles. The number of hydrogen-bond acceptors (Lipinski definition) is 7. The second-order valence-electron chi connectivity index (χ2n) is 8.65. The lowest BCUT2D eigenvalue weighted by Gasteiger charge is -2.24. The van der Waals surface area contributed by atoms with Gasteiger partial charge in [-0.1, -0.05) is 35.4 Å². The summed E-state index contributed by atoms with van der Waals surface area (Å²) < 4.78 is 10.5. The topological polar surface area (TPSA) is 122 Å². The number of aliphatic carboxylic acids is 1. The Balaban J connectivity index is 1.89. The summed E-state index contributed by atoms with van der Waals surface area (Å²) >= 11 is 0. The van der Waals surface area contributed by atoms with Crippen molar-refractivity contribution in [3.63, 3.8) is 0 Å². The predicted molar refractivity (Wildman–Crippen MR) is 138 cm³/mol. The number of anilines is 2. The first-order chi connectivity index (χ1) is 17.5. The van der Waals surface area contributed by atoms with Gasteiger partial charge in [-0.25, -0.2) is 14.4 Å². The van der Waals surface area contributed by atoms with E-state index in [2.05, 4.69) is 5.32 Å². The summed E-state index contributed by atoms with van der Waals surface area (Å²) in [6, 6.07) is 19.3. The van der Waals surface area contributed by atoms with E-state index in [0.29, 0.717) is 5.69 Å². The van der Waals surface area contributed by atoms with Gasteiger partial charge in [-0.2, -0.15) is 0 Å².